The molecule has 1 amide bonds. The molecule has 0 aromatic rings. The van der Waals surface area contributed by atoms with Gasteiger partial charge in [0.05, 0.1) is 0 Å². The third kappa shape index (κ3) is 4.79. The molecule has 1 N–H and O–H groups in total. The zero-order chi connectivity index (χ0) is 8.85. The Kier molecular flexibility index (Phi) is 4.86. The SMILES string of the molecule is CCOC(C)C(=O)NC(C)C. The minimum Gasteiger partial charge on any atom is -0.369 e. The van der Waals surface area contributed by atoms with E-state index in [0.29, 0.717) is 6.61 Å². The quantitative estimate of drug-likeness (QED) is 0.663. The van der Waals surface area contributed by atoms with E-state index in [0.717, 1.165) is 0 Å². The van der Waals surface area contributed by atoms with Crippen molar-refractivity contribution in [1.82, 2.24) is 5.32 Å². The van der Waals surface area contributed by atoms with E-state index < -0.39 is 0 Å². The van der Waals surface area contributed by atoms with Gasteiger partial charge in [0.1, 0.15) is 6.10 Å². The van der Waals surface area contributed by atoms with Gasteiger partial charge in [-0.3, -0.25) is 4.79 Å². The molecule has 0 heterocycles. The molecule has 0 saturated carbocycles. The highest BCUT2D eigenvalue weighted by molar-refractivity contribution is 5.80. The van der Waals surface area contributed by atoms with Gasteiger partial charge in [0.2, 0.25) is 5.91 Å². The molecule has 0 rings (SSSR count). The molecule has 3 heteroatoms. The third-order valence-corrected chi connectivity index (χ3v) is 1.22. The lowest BCUT2D eigenvalue weighted by Crippen LogP contribution is -2.38. The fraction of sp³-hybridized carbons (Fsp3) is 0.875. The molecular weight excluding hydrogens is 142 g/mol. The van der Waals surface area contributed by atoms with Gasteiger partial charge in [-0.05, 0) is 27.7 Å². The molecule has 0 saturated heterocycles. The summed E-state index contributed by atoms with van der Waals surface area (Å²) < 4.78 is 5.09. The number of hydrogen-bond acceptors (Lipinski definition) is 2. The van der Waals surface area contributed by atoms with Gasteiger partial charge in [-0.1, -0.05) is 0 Å². The van der Waals surface area contributed by atoms with Crippen molar-refractivity contribution in [2.75, 3.05) is 6.61 Å². The van der Waals surface area contributed by atoms with Crippen LogP contribution in [0.15, 0.2) is 0 Å². The second kappa shape index (κ2) is 5.13. The molecule has 0 fully saturated rings. The minimum atomic E-state index is -0.331. The van der Waals surface area contributed by atoms with Crippen molar-refractivity contribution in [3.63, 3.8) is 0 Å². The number of nitrogens with one attached hydrogen (secondary N) is 1. The lowest BCUT2D eigenvalue weighted by atomic mass is 10.3. The van der Waals surface area contributed by atoms with Crippen LogP contribution in [0.5, 0.6) is 0 Å². The average Bonchev–Trinajstić information content (AvgIpc) is 1.86. The highest BCUT2D eigenvalue weighted by atomic mass is 16.5. The number of ether oxygens (including phenoxy) is 1. The molecule has 0 aliphatic rings. The van der Waals surface area contributed by atoms with E-state index in [1.807, 2.05) is 20.8 Å². The van der Waals surface area contributed by atoms with Gasteiger partial charge in [-0.2, -0.15) is 0 Å². The maximum absolute atomic E-state index is 11.1. The molecule has 0 aliphatic heterocycles. The summed E-state index contributed by atoms with van der Waals surface area (Å²) in [5.74, 6) is -0.0400. The third-order valence-electron chi connectivity index (χ3n) is 1.22. The van der Waals surface area contributed by atoms with Crippen LogP contribution >= 0.6 is 0 Å². The molecule has 0 radical (unpaired) electrons. The summed E-state index contributed by atoms with van der Waals surface area (Å²) in [7, 11) is 0. The first kappa shape index (κ1) is 10.4. The highest BCUT2D eigenvalue weighted by Crippen LogP contribution is 1.90. The topological polar surface area (TPSA) is 38.3 Å². The molecule has 0 aromatic carbocycles. The Morgan fingerprint density at radius 1 is 1.45 bits per heavy atom. The first-order chi connectivity index (χ1) is 5.07. The maximum atomic E-state index is 11.1. The van der Waals surface area contributed by atoms with Gasteiger partial charge < -0.3 is 10.1 Å². The molecule has 3 nitrogen and oxygen atoms in total. The largest absolute Gasteiger partial charge is 0.369 e. The fourth-order valence-electron chi connectivity index (χ4n) is 0.728. The van der Waals surface area contributed by atoms with Crippen LogP contribution in [0.4, 0.5) is 0 Å². The van der Waals surface area contributed by atoms with Crippen molar-refractivity contribution >= 4 is 5.91 Å². The van der Waals surface area contributed by atoms with Crippen molar-refractivity contribution in [3.05, 3.63) is 0 Å². The van der Waals surface area contributed by atoms with Gasteiger partial charge in [-0.25, -0.2) is 0 Å². The monoisotopic (exact) mass is 159 g/mol. The predicted octanol–water partition coefficient (Wildman–Crippen LogP) is 0.936. The first-order valence-electron chi connectivity index (χ1n) is 4.00. The summed E-state index contributed by atoms with van der Waals surface area (Å²) in [4.78, 5) is 11.1. The molecule has 1 atom stereocenters. The van der Waals surface area contributed by atoms with E-state index in [4.69, 9.17) is 4.74 Å². The van der Waals surface area contributed by atoms with Gasteiger partial charge in [-0.15, -0.1) is 0 Å². The molecule has 0 bridgehead atoms. The summed E-state index contributed by atoms with van der Waals surface area (Å²) in [5.41, 5.74) is 0. The maximum Gasteiger partial charge on any atom is 0.249 e. The number of amides is 1. The van der Waals surface area contributed by atoms with Gasteiger partial charge in [0, 0.05) is 12.6 Å². The van der Waals surface area contributed by atoms with Crippen LogP contribution in [0.2, 0.25) is 0 Å². The van der Waals surface area contributed by atoms with E-state index in [1.165, 1.54) is 0 Å². The predicted molar refractivity (Wildman–Crippen MR) is 44.4 cm³/mol. The van der Waals surface area contributed by atoms with Crippen LogP contribution in [-0.2, 0) is 9.53 Å². The average molecular weight is 159 g/mol. The van der Waals surface area contributed by atoms with Crippen LogP contribution in [-0.4, -0.2) is 24.7 Å². The highest BCUT2D eigenvalue weighted by Gasteiger charge is 2.12. The van der Waals surface area contributed by atoms with Gasteiger partial charge >= 0.3 is 0 Å². The molecule has 0 aromatic heterocycles. The van der Waals surface area contributed by atoms with Crippen molar-refractivity contribution in [3.8, 4) is 0 Å². The van der Waals surface area contributed by atoms with Crippen LogP contribution in [0, 0.1) is 0 Å². The molecule has 0 aliphatic carbocycles. The van der Waals surface area contributed by atoms with Crippen molar-refractivity contribution in [2.24, 2.45) is 0 Å². The Labute approximate surface area is 68.1 Å². The Hall–Kier alpha value is -0.570. The smallest absolute Gasteiger partial charge is 0.249 e. The van der Waals surface area contributed by atoms with Crippen LogP contribution in [0.25, 0.3) is 0 Å². The molecule has 0 spiro atoms. The van der Waals surface area contributed by atoms with Gasteiger partial charge in [0.25, 0.3) is 0 Å². The van der Waals surface area contributed by atoms with Crippen molar-refractivity contribution < 1.29 is 9.53 Å². The summed E-state index contributed by atoms with van der Waals surface area (Å²) in [6.07, 6.45) is -0.331. The summed E-state index contributed by atoms with van der Waals surface area (Å²) in [6.45, 7) is 8.06. The van der Waals surface area contributed by atoms with E-state index >= 15 is 0 Å². The Morgan fingerprint density at radius 3 is 2.36 bits per heavy atom. The second-order valence-corrected chi connectivity index (χ2v) is 2.76. The Morgan fingerprint density at radius 2 is 2.00 bits per heavy atom. The van der Waals surface area contributed by atoms with E-state index in [-0.39, 0.29) is 18.1 Å². The van der Waals surface area contributed by atoms with E-state index in [2.05, 4.69) is 5.32 Å². The number of carbonyl (C=O) groups is 1. The van der Waals surface area contributed by atoms with Crippen molar-refractivity contribution in [1.29, 1.82) is 0 Å². The normalized spacial score (nSPS) is 13.2. The van der Waals surface area contributed by atoms with E-state index in [1.54, 1.807) is 6.92 Å². The summed E-state index contributed by atoms with van der Waals surface area (Å²) >= 11 is 0. The molecule has 11 heavy (non-hydrogen) atoms. The van der Waals surface area contributed by atoms with Crippen LogP contribution in [0.1, 0.15) is 27.7 Å². The number of carbonyl (C=O) groups excluding carboxylic acids is 1. The van der Waals surface area contributed by atoms with Gasteiger partial charge in [0.15, 0.2) is 0 Å². The zero-order valence-corrected chi connectivity index (χ0v) is 7.68. The van der Waals surface area contributed by atoms with Crippen molar-refractivity contribution in [2.45, 2.75) is 39.8 Å². The number of rotatable bonds is 4. The minimum absolute atomic E-state index is 0.0400. The lowest BCUT2D eigenvalue weighted by Gasteiger charge is -2.13. The first-order valence-corrected chi connectivity index (χ1v) is 4.00. The second-order valence-electron chi connectivity index (χ2n) is 2.76. The standard InChI is InChI=1S/C8H17NO2/c1-5-11-7(4)8(10)9-6(2)3/h6-7H,5H2,1-4H3,(H,9,10). The summed E-state index contributed by atoms with van der Waals surface area (Å²) in [5, 5.41) is 2.76. The molecule has 66 valence electrons. The zero-order valence-electron chi connectivity index (χ0n) is 7.68. The lowest BCUT2D eigenvalue weighted by molar-refractivity contribution is -0.131. The van der Waals surface area contributed by atoms with Crippen LogP contribution < -0.4 is 5.32 Å². The molecule has 1 unspecified atom stereocenters. The van der Waals surface area contributed by atoms with Crippen LogP contribution in [0.3, 0.4) is 0 Å². The number of hydrogen-bond donors (Lipinski definition) is 1. The summed E-state index contributed by atoms with van der Waals surface area (Å²) in [6, 6.07) is 0.186. The Bertz CT molecular complexity index is 123. The molecular formula is C8H17NO2. The Balaban J connectivity index is 3.64. The van der Waals surface area contributed by atoms with E-state index in [9.17, 15) is 4.79 Å². The fourth-order valence-corrected chi connectivity index (χ4v) is 0.728.